The second kappa shape index (κ2) is 7.33. The van der Waals surface area contributed by atoms with E-state index in [9.17, 15) is 9.59 Å². The maximum atomic E-state index is 13.1. The molecule has 1 N–H and O–H groups in total. The summed E-state index contributed by atoms with van der Waals surface area (Å²) in [6, 6.07) is 12.3. The number of likely N-dealkylation sites (tertiary alicyclic amines) is 1. The van der Waals surface area contributed by atoms with E-state index in [4.69, 9.17) is 9.47 Å². The van der Waals surface area contributed by atoms with Gasteiger partial charge in [0, 0.05) is 18.9 Å². The number of amides is 2. The summed E-state index contributed by atoms with van der Waals surface area (Å²) in [5, 5.41) is 2.93. The van der Waals surface area contributed by atoms with E-state index in [1.165, 1.54) is 11.1 Å². The van der Waals surface area contributed by atoms with Gasteiger partial charge < -0.3 is 19.7 Å². The van der Waals surface area contributed by atoms with Crippen molar-refractivity contribution in [2.75, 3.05) is 6.54 Å². The molecule has 2 fully saturated rings. The Balaban J connectivity index is 1.55. The zero-order valence-electron chi connectivity index (χ0n) is 15.9. The zero-order valence-corrected chi connectivity index (χ0v) is 15.9. The first-order valence-electron chi connectivity index (χ1n) is 9.33. The number of carbonyl (C=O) groups is 2. The summed E-state index contributed by atoms with van der Waals surface area (Å²) in [6.07, 6.45) is 2.25. The fourth-order valence-electron chi connectivity index (χ4n) is 3.80. The highest BCUT2D eigenvalue weighted by Gasteiger charge is 2.56. The maximum Gasteiger partial charge on any atom is 0.256 e. The number of fused-ring (bicyclic) bond motifs is 1. The van der Waals surface area contributed by atoms with Crippen LogP contribution in [0.25, 0.3) is 0 Å². The van der Waals surface area contributed by atoms with Crippen LogP contribution in [-0.4, -0.2) is 52.3 Å². The number of carbonyl (C=O) groups excluding carboxylic acids is 2. The molecule has 2 amide bonds. The minimum absolute atomic E-state index is 0.255. The number of nitrogens with zero attached hydrogens (tertiary/aromatic N) is 2. The highest BCUT2D eigenvalue weighted by molar-refractivity contribution is 5.98. The third kappa shape index (κ3) is 3.63. The van der Waals surface area contributed by atoms with Gasteiger partial charge in [0.1, 0.15) is 18.2 Å². The second-order valence-electron chi connectivity index (χ2n) is 7.49. The van der Waals surface area contributed by atoms with Gasteiger partial charge in [0.15, 0.2) is 5.79 Å². The number of pyridine rings is 1. The molecule has 28 heavy (non-hydrogen) atoms. The number of benzene rings is 1. The van der Waals surface area contributed by atoms with Crippen molar-refractivity contribution in [3.63, 3.8) is 0 Å². The van der Waals surface area contributed by atoms with Gasteiger partial charge in [-0.2, -0.15) is 0 Å². The largest absolute Gasteiger partial charge is 0.350 e. The van der Waals surface area contributed by atoms with E-state index in [-0.39, 0.29) is 17.9 Å². The molecule has 4 rings (SSSR count). The Bertz CT molecular complexity index is 856. The first-order chi connectivity index (χ1) is 13.4. The lowest BCUT2D eigenvalue weighted by Gasteiger charge is -2.29. The molecular formula is C21H23N3O4. The predicted octanol–water partition coefficient (Wildman–Crippen LogP) is 1.74. The topological polar surface area (TPSA) is 80.8 Å². The predicted molar refractivity (Wildman–Crippen MR) is 101 cm³/mol. The van der Waals surface area contributed by atoms with Crippen molar-refractivity contribution >= 4 is 11.8 Å². The molecule has 1 aromatic carbocycles. The summed E-state index contributed by atoms with van der Waals surface area (Å²) in [5.41, 5.74) is 1.42. The van der Waals surface area contributed by atoms with Crippen LogP contribution in [0.4, 0.5) is 0 Å². The molecule has 0 radical (unpaired) electrons. The van der Waals surface area contributed by atoms with E-state index in [1.54, 1.807) is 18.3 Å². The number of hydrogen-bond acceptors (Lipinski definition) is 5. The smallest absolute Gasteiger partial charge is 0.256 e. The number of rotatable bonds is 4. The number of nitrogens with one attached hydrogen (secondary N) is 1. The summed E-state index contributed by atoms with van der Waals surface area (Å²) in [4.78, 5) is 31.6. The Hall–Kier alpha value is -2.77. The van der Waals surface area contributed by atoms with Crippen LogP contribution in [0.5, 0.6) is 0 Å². The fourth-order valence-corrected chi connectivity index (χ4v) is 3.80. The van der Waals surface area contributed by atoms with Crippen LogP contribution >= 0.6 is 0 Å². The average molecular weight is 381 g/mol. The summed E-state index contributed by atoms with van der Waals surface area (Å²) in [5.74, 6) is -1.29. The zero-order chi connectivity index (χ0) is 19.7. The third-order valence-corrected chi connectivity index (χ3v) is 4.99. The van der Waals surface area contributed by atoms with Crippen molar-refractivity contribution < 1.29 is 19.1 Å². The SMILES string of the molecule is CC1(C)O[C@H]2[C@H](CN(C(=O)c3cccnc3)[C@@H]2C(=O)NCc2ccccc2)O1. The Morgan fingerprint density at radius 3 is 2.68 bits per heavy atom. The molecule has 7 heteroatoms. The van der Waals surface area contributed by atoms with E-state index < -0.39 is 17.9 Å². The van der Waals surface area contributed by atoms with Crippen molar-refractivity contribution in [2.24, 2.45) is 0 Å². The molecule has 0 bridgehead atoms. The average Bonchev–Trinajstić information content (AvgIpc) is 3.18. The Kier molecular flexibility index (Phi) is 4.87. The third-order valence-electron chi connectivity index (χ3n) is 4.99. The fraction of sp³-hybridized carbons (Fsp3) is 0.381. The minimum atomic E-state index is -0.781. The number of ether oxygens (including phenoxy) is 2. The summed E-state index contributed by atoms with van der Waals surface area (Å²) >= 11 is 0. The molecule has 146 valence electrons. The first kappa shape index (κ1) is 18.6. The van der Waals surface area contributed by atoms with Crippen molar-refractivity contribution in [2.45, 2.75) is 44.4 Å². The molecule has 1 aromatic heterocycles. The minimum Gasteiger partial charge on any atom is -0.350 e. The molecule has 0 aliphatic carbocycles. The van der Waals surface area contributed by atoms with Gasteiger partial charge in [0.2, 0.25) is 5.91 Å². The lowest BCUT2D eigenvalue weighted by Crippen LogP contribution is -2.51. The van der Waals surface area contributed by atoms with Gasteiger partial charge in [0.25, 0.3) is 5.91 Å². The standard InChI is InChI=1S/C21H23N3O4/c1-21(2)27-16-13-24(20(26)15-9-6-10-22-12-15)17(18(16)28-21)19(25)23-11-14-7-4-3-5-8-14/h3-10,12,16-18H,11,13H2,1-2H3,(H,23,25)/t16-,17-,18-/m0/s1. The van der Waals surface area contributed by atoms with Gasteiger partial charge in [0.05, 0.1) is 12.1 Å². The van der Waals surface area contributed by atoms with Crippen LogP contribution in [0.3, 0.4) is 0 Å². The van der Waals surface area contributed by atoms with Gasteiger partial charge in [-0.3, -0.25) is 14.6 Å². The van der Waals surface area contributed by atoms with E-state index in [0.29, 0.717) is 18.7 Å². The number of hydrogen-bond donors (Lipinski definition) is 1. The molecule has 0 spiro atoms. The van der Waals surface area contributed by atoms with Crippen molar-refractivity contribution in [3.05, 3.63) is 66.0 Å². The van der Waals surface area contributed by atoms with E-state index >= 15 is 0 Å². The summed E-state index contributed by atoms with van der Waals surface area (Å²) in [6.45, 7) is 4.31. The number of aromatic nitrogens is 1. The second-order valence-corrected chi connectivity index (χ2v) is 7.49. The van der Waals surface area contributed by atoms with E-state index in [2.05, 4.69) is 10.3 Å². The Morgan fingerprint density at radius 2 is 1.96 bits per heavy atom. The van der Waals surface area contributed by atoms with Crippen LogP contribution in [0.2, 0.25) is 0 Å². The molecular weight excluding hydrogens is 358 g/mol. The Morgan fingerprint density at radius 1 is 1.18 bits per heavy atom. The molecule has 3 heterocycles. The highest BCUT2D eigenvalue weighted by Crippen LogP contribution is 2.37. The van der Waals surface area contributed by atoms with Gasteiger partial charge >= 0.3 is 0 Å². The van der Waals surface area contributed by atoms with Gasteiger partial charge in [-0.15, -0.1) is 0 Å². The van der Waals surface area contributed by atoms with Crippen LogP contribution in [0.1, 0.15) is 29.8 Å². The molecule has 2 aliphatic heterocycles. The van der Waals surface area contributed by atoms with Gasteiger partial charge in [-0.25, -0.2) is 0 Å². The lowest BCUT2D eigenvalue weighted by molar-refractivity contribution is -0.162. The molecule has 0 unspecified atom stereocenters. The van der Waals surface area contributed by atoms with Crippen molar-refractivity contribution in [1.82, 2.24) is 15.2 Å². The van der Waals surface area contributed by atoms with Crippen LogP contribution in [0.15, 0.2) is 54.9 Å². The molecule has 3 atom stereocenters. The normalized spacial score (nSPS) is 25.4. The van der Waals surface area contributed by atoms with Crippen LogP contribution < -0.4 is 5.32 Å². The maximum absolute atomic E-state index is 13.1. The van der Waals surface area contributed by atoms with Crippen LogP contribution in [0, 0.1) is 0 Å². The quantitative estimate of drug-likeness (QED) is 0.873. The van der Waals surface area contributed by atoms with E-state index in [1.807, 2.05) is 44.2 Å². The van der Waals surface area contributed by atoms with Crippen molar-refractivity contribution in [1.29, 1.82) is 0 Å². The molecule has 2 aromatic rings. The lowest BCUT2D eigenvalue weighted by atomic mass is 10.1. The van der Waals surface area contributed by atoms with Gasteiger partial charge in [-0.1, -0.05) is 30.3 Å². The molecule has 0 saturated carbocycles. The molecule has 2 aliphatic rings. The van der Waals surface area contributed by atoms with Gasteiger partial charge in [-0.05, 0) is 31.5 Å². The van der Waals surface area contributed by atoms with E-state index in [0.717, 1.165) is 5.56 Å². The van der Waals surface area contributed by atoms with Crippen molar-refractivity contribution in [3.8, 4) is 0 Å². The molecule has 7 nitrogen and oxygen atoms in total. The molecule has 2 saturated heterocycles. The van der Waals surface area contributed by atoms with Crippen LogP contribution in [-0.2, 0) is 20.8 Å². The first-order valence-corrected chi connectivity index (χ1v) is 9.33. The summed E-state index contributed by atoms with van der Waals surface area (Å²) < 4.78 is 11.9. The Labute approximate surface area is 163 Å². The monoisotopic (exact) mass is 381 g/mol. The summed E-state index contributed by atoms with van der Waals surface area (Å²) in [7, 11) is 0. The highest BCUT2D eigenvalue weighted by atomic mass is 16.8.